The molecule has 0 fully saturated rings. The topological polar surface area (TPSA) is 38.3 Å². The molecule has 4 heteroatoms. The van der Waals surface area contributed by atoms with Crippen LogP contribution in [0.4, 0.5) is 10.1 Å². The van der Waals surface area contributed by atoms with Gasteiger partial charge in [-0.05, 0) is 42.8 Å². The summed E-state index contributed by atoms with van der Waals surface area (Å²) >= 11 is 0. The maximum absolute atomic E-state index is 12.8. The molecule has 0 aliphatic carbocycles. The van der Waals surface area contributed by atoms with Crippen LogP contribution in [0.3, 0.4) is 0 Å². The molecule has 0 heterocycles. The van der Waals surface area contributed by atoms with Gasteiger partial charge in [-0.1, -0.05) is 6.07 Å². The van der Waals surface area contributed by atoms with Crippen LogP contribution in [0.1, 0.15) is 15.9 Å². The van der Waals surface area contributed by atoms with Crippen LogP contribution in [0.25, 0.3) is 0 Å². The van der Waals surface area contributed by atoms with E-state index < -0.39 is 0 Å². The summed E-state index contributed by atoms with van der Waals surface area (Å²) in [4.78, 5) is 12.0. The van der Waals surface area contributed by atoms with Crippen molar-refractivity contribution in [3.05, 3.63) is 59.4 Å². The Morgan fingerprint density at radius 1 is 1.16 bits per heavy atom. The first-order chi connectivity index (χ1) is 9.10. The fourth-order valence-corrected chi connectivity index (χ4v) is 1.66. The second-order valence-electron chi connectivity index (χ2n) is 4.14. The van der Waals surface area contributed by atoms with Crippen LogP contribution in [0.5, 0.6) is 5.75 Å². The zero-order valence-corrected chi connectivity index (χ0v) is 10.7. The number of rotatable bonds is 3. The highest BCUT2D eigenvalue weighted by Crippen LogP contribution is 2.22. The molecular formula is C15H14FNO2. The fourth-order valence-electron chi connectivity index (χ4n) is 1.66. The fraction of sp³-hybridized carbons (Fsp3) is 0.133. The van der Waals surface area contributed by atoms with Gasteiger partial charge in [0.05, 0.1) is 7.11 Å². The Hall–Kier alpha value is -2.36. The molecule has 0 saturated heterocycles. The highest BCUT2D eigenvalue weighted by molar-refractivity contribution is 6.04. The highest BCUT2D eigenvalue weighted by atomic mass is 19.1. The van der Waals surface area contributed by atoms with Crippen molar-refractivity contribution in [3.8, 4) is 5.75 Å². The molecule has 0 aromatic heterocycles. The van der Waals surface area contributed by atoms with Crippen molar-refractivity contribution in [1.29, 1.82) is 0 Å². The average molecular weight is 259 g/mol. The predicted molar refractivity (Wildman–Crippen MR) is 72.1 cm³/mol. The van der Waals surface area contributed by atoms with Crippen molar-refractivity contribution in [3.63, 3.8) is 0 Å². The van der Waals surface area contributed by atoms with Crippen LogP contribution in [0.15, 0.2) is 42.5 Å². The minimum atomic E-state index is -0.367. The summed E-state index contributed by atoms with van der Waals surface area (Å²) in [5.41, 5.74) is 2.01. The number of hydrogen-bond acceptors (Lipinski definition) is 2. The Morgan fingerprint density at radius 3 is 2.47 bits per heavy atom. The second kappa shape index (κ2) is 5.52. The molecule has 98 valence electrons. The number of aryl methyl sites for hydroxylation is 1. The van der Waals surface area contributed by atoms with Gasteiger partial charge in [0.2, 0.25) is 0 Å². The minimum absolute atomic E-state index is 0.281. The number of ether oxygens (including phenoxy) is 1. The summed E-state index contributed by atoms with van der Waals surface area (Å²) in [5, 5.41) is 2.78. The molecule has 0 spiro atoms. The van der Waals surface area contributed by atoms with E-state index in [1.165, 1.54) is 24.3 Å². The minimum Gasteiger partial charge on any atom is -0.497 e. The number of nitrogens with one attached hydrogen (secondary N) is 1. The van der Waals surface area contributed by atoms with Crippen molar-refractivity contribution >= 4 is 11.6 Å². The Bertz CT molecular complexity index is 594. The molecule has 1 N–H and O–H groups in total. The molecule has 2 aromatic carbocycles. The van der Waals surface area contributed by atoms with Crippen molar-refractivity contribution in [2.24, 2.45) is 0 Å². The smallest absolute Gasteiger partial charge is 0.255 e. The van der Waals surface area contributed by atoms with Crippen molar-refractivity contribution in [2.45, 2.75) is 6.92 Å². The largest absolute Gasteiger partial charge is 0.497 e. The van der Waals surface area contributed by atoms with Gasteiger partial charge < -0.3 is 10.1 Å². The summed E-state index contributed by atoms with van der Waals surface area (Å²) in [5.74, 6) is 0.0190. The Balaban J connectivity index is 2.21. The van der Waals surface area contributed by atoms with Gasteiger partial charge in [0.1, 0.15) is 11.6 Å². The Kier molecular flexibility index (Phi) is 3.80. The van der Waals surface area contributed by atoms with E-state index in [0.717, 1.165) is 5.56 Å². The first kappa shape index (κ1) is 13.1. The van der Waals surface area contributed by atoms with Crippen LogP contribution >= 0.6 is 0 Å². The number of amides is 1. The van der Waals surface area contributed by atoms with Crippen molar-refractivity contribution < 1.29 is 13.9 Å². The average Bonchev–Trinajstić information content (AvgIpc) is 2.42. The molecule has 0 unspecified atom stereocenters. The van der Waals surface area contributed by atoms with E-state index in [9.17, 15) is 9.18 Å². The van der Waals surface area contributed by atoms with Crippen molar-refractivity contribution in [1.82, 2.24) is 0 Å². The van der Waals surface area contributed by atoms with E-state index in [1.54, 1.807) is 13.2 Å². The van der Waals surface area contributed by atoms with Crippen LogP contribution in [-0.4, -0.2) is 13.0 Å². The number of carbonyl (C=O) groups is 1. The van der Waals surface area contributed by atoms with Gasteiger partial charge in [0.25, 0.3) is 5.91 Å². The van der Waals surface area contributed by atoms with E-state index in [4.69, 9.17) is 4.74 Å². The lowest BCUT2D eigenvalue weighted by Crippen LogP contribution is -2.12. The van der Waals surface area contributed by atoms with Crippen molar-refractivity contribution in [2.75, 3.05) is 12.4 Å². The third-order valence-corrected chi connectivity index (χ3v) is 2.80. The zero-order chi connectivity index (χ0) is 13.8. The van der Waals surface area contributed by atoms with E-state index in [2.05, 4.69) is 5.32 Å². The first-order valence-corrected chi connectivity index (χ1v) is 5.81. The summed E-state index contributed by atoms with van der Waals surface area (Å²) in [6.45, 7) is 1.89. The molecule has 0 radical (unpaired) electrons. The zero-order valence-electron chi connectivity index (χ0n) is 10.7. The molecule has 1 amide bonds. The van der Waals surface area contributed by atoms with Gasteiger partial charge in [0, 0.05) is 17.3 Å². The predicted octanol–water partition coefficient (Wildman–Crippen LogP) is 3.40. The second-order valence-corrected chi connectivity index (χ2v) is 4.14. The molecule has 0 bridgehead atoms. The monoisotopic (exact) mass is 259 g/mol. The summed E-state index contributed by atoms with van der Waals surface area (Å²) < 4.78 is 17.9. The number of halogens is 1. The molecular weight excluding hydrogens is 245 g/mol. The SMILES string of the molecule is COc1ccc(C)c(NC(=O)c2ccc(F)cc2)c1. The van der Waals surface area contributed by atoms with Crippen LogP contribution < -0.4 is 10.1 Å². The molecule has 0 saturated carbocycles. The number of benzene rings is 2. The normalized spacial score (nSPS) is 10.1. The summed E-state index contributed by atoms with van der Waals surface area (Å²) in [6, 6.07) is 10.8. The summed E-state index contributed by atoms with van der Waals surface area (Å²) in [7, 11) is 1.57. The first-order valence-electron chi connectivity index (χ1n) is 5.81. The Morgan fingerprint density at radius 2 is 1.84 bits per heavy atom. The maximum atomic E-state index is 12.8. The molecule has 2 rings (SSSR count). The van der Waals surface area contributed by atoms with Gasteiger partial charge >= 0.3 is 0 Å². The Labute approximate surface area is 111 Å². The van der Waals surface area contributed by atoms with Gasteiger partial charge in [-0.15, -0.1) is 0 Å². The number of carbonyl (C=O) groups excluding carboxylic acids is 1. The third-order valence-electron chi connectivity index (χ3n) is 2.80. The highest BCUT2D eigenvalue weighted by Gasteiger charge is 2.08. The lowest BCUT2D eigenvalue weighted by molar-refractivity contribution is 0.102. The van der Waals surface area contributed by atoms with Crippen LogP contribution in [0, 0.1) is 12.7 Å². The molecule has 19 heavy (non-hydrogen) atoms. The maximum Gasteiger partial charge on any atom is 0.255 e. The van der Waals surface area contributed by atoms with Crippen LogP contribution in [-0.2, 0) is 0 Å². The molecule has 0 aliphatic heterocycles. The lowest BCUT2D eigenvalue weighted by Gasteiger charge is -2.10. The molecule has 3 nitrogen and oxygen atoms in total. The number of hydrogen-bond donors (Lipinski definition) is 1. The van der Waals surface area contributed by atoms with Gasteiger partial charge in [-0.2, -0.15) is 0 Å². The summed E-state index contributed by atoms with van der Waals surface area (Å²) in [6.07, 6.45) is 0. The van der Waals surface area contributed by atoms with Gasteiger partial charge in [-0.3, -0.25) is 4.79 Å². The van der Waals surface area contributed by atoms with Gasteiger partial charge in [0.15, 0.2) is 0 Å². The van der Waals surface area contributed by atoms with Gasteiger partial charge in [-0.25, -0.2) is 4.39 Å². The lowest BCUT2D eigenvalue weighted by atomic mass is 10.1. The van der Waals surface area contributed by atoms with Crippen LogP contribution in [0.2, 0.25) is 0 Å². The van der Waals surface area contributed by atoms with E-state index >= 15 is 0 Å². The third kappa shape index (κ3) is 3.10. The quantitative estimate of drug-likeness (QED) is 0.917. The van der Waals surface area contributed by atoms with E-state index in [1.807, 2.05) is 19.1 Å². The van der Waals surface area contributed by atoms with E-state index in [0.29, 0.717) is 17.0 Å². The molecule has 0 aliphatic rings. The molecule has 0 atom stereocenters. The number of methoxy groups -OCH3 is 1. The molecule has 2 aromatic rings. The standard InChI is InChI=1S/C15H14FNO2/c1-10-3-8-13(19-2)9-14(10)17-15(18)11-4-6-12(16)7-5-11/h3-9H,1-2H3,(H,17,18). The van der Waals surface area contributed by atoms with E-state index in [-0.39, 0.29) is 11.7 Å². The number of anilines is 1.